The molecule has 1 aliphatic rings. The predicted molar refractivity (Wildman–Crippen MR) is 96.5 cm³/mol. The molecule has 1 aliphatic heterocycles. The summed E-state index contributed by atoms with van der Waals surface area (Å²) in [6, 6.07) is 20.5. The monoisotopic (exact) mass is 326 g/mol. The lowest BCUT2D eigenvalue weighted by Gasteiger charge is -2.15. The van der Waals surface area contributed by atoms with Crippen LogP contribution in [0.2, 0.25) is 0 Å². The van der Waals surface area contributed by atoms with Crippen molar-refractivity contribution in [3.63, 3.8) is 0 Å². The summed E-state index contributed by atoms with van der Waals surface area (Å²) in [5.74, 6) is 0.963. The maximum Gasteiger partial charge on any atom is 0.0889 e. The average Bonchev–Trinajstić information content (AvgIpc) is 2.95. The maximum absolute atomic E-state index is 6.02. The van der Waals surface area contributed by atoms with Gasteiger partial charge in [0.2, 0.25) is 0 Å². The minimum Gasteiger partial charge on any atom is -0.375 e. The van der Waals surface area contributed by atoms with E-state index < -0.39 is 0 Å². The summed E-state index contributed by atoms with van der Waals surface area (Å²) in [7, 11) is 0. The first kappa shape index (κ1) is 16.3. The summed E-state index contributed by atoms with van der Waals surface area (Å²) in [5, 5.41) is 0.333. The molecule has 3 rings (SSSR count). The molecule has 0 bridgehead atoms. The molecule has 120 valence electrons. The lowest BCUT2D eigenvalue weighted by molar-refractivity contribution is 0.0760. The molecule has 0 N–H and O–H groups in total. The third-order valence-corrected chi connectivity index (χ3v) is 5.29. The Morgan fingerprint density at radius 1 is 0.913 bits per heavy atom. The largest absolute Gasteiger partial charge is 0.375 e. The summed E-state index contributed by atoms with van der Waals surface area (Å²) in [5.41, 5.74) is 3.56. The van der Waals surface area contributed by atoms with Crippen molar-refractivity contribution in [1.82, 2.24) is 0 Å². The zero-order valence-electron chi connectivity index (χ0n) is 13.2. The van der Waals surface area contributed by atoms with Crippen LogP contribution in [-0.4, -0.2) is 23.7 Å². The Labute approximate surface area is 142 Å². The Hall–Kier alpha value is -1.55. The number of hydrogen-bond acceptors (Lipinski definition) is 3. The van der Waals surface area contributed by atoms with Crippen molar-refractivity contribution in [3.8, 4) is 0 Å². The van der Waals surface area contributed by atoms with Crippen LogP contribution in [0.3, 0.4) is 0 Å². The van der Waals surface area contributed by atoms with Gasteiger partial charge in [0.1, 0.15) is 0 Å². The second-order valence-corrected chi connectivity index (χ2v) is 6.92. The van der Waals surface area contributed by atoms with Gasteiger partial charge in [-0.2, -0.15) is 0 Å². The first-order valence-corrected chi connectivity index (χ1v) is 8.95. The van der Waals surface area contributed by atoms with E-state index in [0.717, 1.165) is 11.3 Å². The quantitative estimate of drug-likeness (QED) is 0.700. The molecular weight excluding hydrogens is 304 g/mol. The number of rotatable bonds is 7. The second kappa shape index (κ2) is 8.34. The van der Waals surface area contributed by atoms with Crippen molar-refractivity contribution < 1.29 is 9.47 Å². The minimum atomic E-state index is 0.130. The molecule has 1 fully saturated rings. The zero-order chi connectivity index (χ0) is 15.9. The van der Waals surface area contributed by atoms with Gasteiger partial charge < -0.3 is 9.47 Å². The topological polar surface area (TPSA) is 18.5 Å². The van der Waals surface area contributed by atoms with E-state index in [2.05, 4.69) is 30.8 Å². The Morgan fingerprint density at radius 3 is 2.17 bits per heavy atom. The summed E-state index contributed by atoms with van der Waals surface area (Å²) in [6.45, 7) is 6.22. The highest BCUT2D eigenvalue weighted by molar-refractivity contribution is 8.00. The summed E-state index contributed by atoms with van der Waals surface area (Å²) >= 11 is 1.88. The van der Waals surface area contributed by atoms with Gasteiger partial charge in [-0.25, -0.2) is 0 Å². The highest BCUT2D eigenvalue weighted by atomic mass is 32.2. The van der Waals surface area contributed by atoms with Gasteiger partial charge >= 0.3 is 0 Å². The number of benzene rings is 2. The van der Waals surface area contributed by atoms with Crippen molar-refractivity contribution in [3.05, 3.63) is 83.9 Å². The van der Waals surface area contributed by atoms with Crippen LogP contribution in [0.15, 0.2) is 72.8 Å². The molecule has 0 aliphatic carbocycles. The third kappa shape index (κ3) is 4.71. The van der Waals surface area contributed by atoms with Crippen molar-refractivity contribution >= 4 is 11.8 Å². The summed E-state index contributed by atoms with van der Waals surface area (Å²) in [4.78, 5) is 0. The van der Waals surface area contributed by atoms with Gasteiger partial charge in [0.05, 0.1) is 31.2 Å². The van der Waals surface area contributed by atoms with Gasteiger partial charge in [-0.1, -0.05) is 67.2 Å². The lowest BCUT2D eigenvalue weighted by Crippen LogP contribution is -2.18. The van der Waals surface area contributed by atoms with Crippen molar-refractivity contribution in [2.45, 2.75) is 24.6 Å². The Bertz CT molecular complexity index is 612. The molecular formula is C20H22O2S. The van der Waals surface area contributed by atoms with Crippen LogP contribution in [0.5, 0.6) is 0 Å². The van der Waals surface area contributed by atoms with E-state index in [9.17, 15) is 0 Å². The maximum atomic E-state index is 6.02. The molecule has 0 unspecified atom stereocenters. The van der Waals surface area contributed by atoms with E-state index in [1.807, 2.05) is 48.2 Å². The fraction of sp³-hybridized carbons (Fsp3) is 0.300. The van der Waals surface area contributed by atoms with Gasteiger partial charge in [-0.3, -0.25) is 0 Å². The number of ether oxygens (including phenoxy) is 2. The van der Waals surface area contributed by atoms with E-state index >= 15 is 0 Å². The molecule has 0 aromatic heterocycles. The zero-order valence-corrected chi connectivity index (χ0v) is 14.0. The molecule has 2 aromatic carbocycles. The van der Waals surface area contributed by atoms with Crippen molar-refractivity contribution in [2.24, 2.45) is 0 Å². The lowest BCUT2D eigenvalue weighted by atomic mass is 10.1. The molecule has 1 saturated heterocycles. The SMILES string of the molecule is C=C1[C@@H](OCc2ccccc2)CS[C@H]1COCc1ccccc1. The van der Waals surface area contributed by atoms with Gasteiger partial charge in [-0.15, -0.1) is 11.8 Å². The van der Waals surface area contributed by atoms with E-state index in [0.29, 0.717) is 25.1 Å². The van der Waals surface area contributed by atoms with Crippen LogP contribution in [0, 0.1) is 0 Å². The van der Waals surface area contributed by atoms with Crippen LogP contribution in [0.1, 0.15) is 11.1 Å². The van der Waals surface area contributed by atoms with E-state index in [1.54, 1.807) is 0 Å². The van der Waals surface area contributed by atoms with Gasteiger partial charge in [0.15, 0.2) is 0 Å². The first-order chi connectivity index (χ1) is 11.3. The molecule has 0 spiro atoms. The highest BCUT2D eigenvalue weighted by Crippen LogP contribution is 2.33. The standard InChI is InChI=1S/C20H22O2S/c1-16-19(22-13-18-10-6-3-7-11-18)15-23-20(16)14-21-12-17-8-4-2-5-9-17/h2-11,19-20H,1,12-15H2/t19-,20-/m0/s1. The van der Waals surface area contributed by atoms with Gasteiger partial charge in [0.25, 0.3) is 0 Å². The first-order valence-electron chi connectivity index (χ1n) is 7.90. The molecule has 0 saturated carbocycles. The van der Waals surface area contributed by atoms with Crippen LogP contribution < -0.4 is 0 Å². The van der Waals surface area contributed by atoms with E-state index in [4.69, 9.17) is 9.47 Å². The Balaban J connectivity index is 1.41. The molecule has 0 amide bonds. The van der Waals surface area contributed by atoms with Crippen molar-refractivity contribution in [1.29, 1.82) is 0 Å². The third-order valence-electron chi connectivity index (χ3n) is 3.95. The molecule has 0 radical (unpaired) electrons. The summed E-state index contributed by atoms with van der Waals surface area (Å²) < 4.78 is 11.9. The Kier molecular flexibility index (Phi) is 5.92. The van der Waals surface area contributed by atoms with Gasteiger partial charge in [-0.05, 0) is 16.7 Å². The fourth-order valence-electron chi connectivity index (χ4n) is 2.56. The average molecular weight is 326 g/mol. The summed E-state index contributed by atoms with van der Waals surface area (Å²) in [6.07, 6.45) is 0.130. The van der Waals surface area contributed by atoms with Crippen LogP contribution in [0.4, 0.5) is 0 Å². The minimum absolute atomic E-state index is 0.130. The fourth-order valence-corrected chi connectivity index (χ4v) is 3.84. The predicted octanol–water partition coefficient (Wildman–Crippen LogP) is 4.46. The van der Waals surface area contributed by atoms with Gasteiger partial charge in [0, 0.05) is 5.75 Å². The van der Waals surface area contributed by atoms with E-state index in [1.165, 1.54) is 11.1 Å². The molecule has 3 heteroatoms. The van der Waals surface area contributed by atoms with Crippen LogP contribution in [-0.2, 0) is 22.7 Å². The van der Waals surface area contributed by atoms with Crippen LogP contribution in [0.25, 0.3) is 0 Å². The highest BCUT2D eigenvalue weighted by Gasteiger charge is 2.30. The molecule has 2 nitrogen and oxygen atoms in total. The molecule has 1 heterocycles. The number of hydrogen-bond donors (Lipinski definition) is 0. The molecule has 2 atom stereocenters. The normalized spacial score (nSPS) is 20.8. The number of thioether (sulfide) groups is 1. The Morgan fingerprint density at radius 2 is 1.52 bits per heavy atom. The molecule has 23 heavy (non-hydrogen) atoms. The second-order valence-electron chi connectivity index (χ2n) is 5.68. The van der Waals surface area contributed by atoms with Crippen LogP contribution >= 0.6 is 11.8 Å². The molecule has 2 aromatic rings. The van der Waals surface area contributed by atoms with E-state index in [-0.39, 0.29) is 6.10 Å². The van der Waals surface area contributed by atoms with Crippen molar-refractivity contribution in [2.75, 3.05) is 12.4 Å². The smallest absolute Gasteiger partial charge is 0.0889 e.